The number of phenolic OH excluding ortho intramolecular Hbond substituents is 1. The zero-order valence-corrected chi connectivity index (χ0v) is 15.5. The van der Waals surface area contributed by atoms with E-state index in [2.05, 4.69) is 10.1 Å². The van der Waals surface area contributed by atoms with Crippen molar-refractivity contribution in [1.82, 2.24) is 9.66 Å². The van der Waals surface area contributed by atoms with E-state index >= 15 is 0 Å². The summed E-state index contributed by atoms with van der Waals surface area (Å²) in [7, 11) is 1.49. The zero-order chi connectivity index (χ0) is 18.3. The Morgan fingerprint density at radius 3 is 2.92 bits per heavy atom. The summed E-state index contributed by atoms with van der Waals surface area (Å²) in [6.07, 6.45) is 5.79. The van der Waals surface area contributed by atoms with E-state index in [1.807, 2.05) is 0 Å². The molecule has 0 fully saturated rings. The number of fused-ring (bicyclic) bond motifs is 3. The van der Waals surface area contributed by atoms with Gasteiger partial charge in [-0.05, 0) is 61.9 Å². The zero-order valence-electron chi connectivity index (χ0n) is 14.7. The molecule has 0 saturated carbocycles. The van der Waals surface area contributed by atoms with Crippen LogP contribution < -0.4 is 10.3 Å². The third kappa shape index (κ3) is 2.78. The van der Waals surface area contributed by atoms with Gasteiger partial charge < -0.3 is 9.84 Å². The lowest BCUT2D eigenvalue weighted by Gasteiger charge is -2.10. The molecule has 4 rings (SSSR count). The van der Waals surface area contributed by atoms with Crippen LogP contribution in [0.4, 0.5) is 0 Å². The molecule has 0 aliphatic heterocycles. The van der Waals surface area contributed by atoms with E-state index in [0.29, 0.717) is 22.5 Å². The minimum absolute atomic E-state index is 0.0287. The van der Waals surface area contributed by atoms with Gasteiger partial charge in [-0.1, -0.05) is 0 Å². The highest BCUT2D eigenvalue weighted by Gasteiger charge is 2.21. The van der Waals surface area contributed by atoms with Gasteiger partial charge in [-0.25, -0.2) is 4.98 Å². The Morgan fingerprint density at radius 2 is 2.15 bits per heavy atom. The first kappa shape index (κ1) is 16.8. The molecule has 1 aliphatic carbocycles. The number of aromatic hydroxyl groups is 1. The summed E-state index contributed by atoms with van der Waals surface area (Å²) in [6.45, 7) is 1.78. The van der Waals surface area contributed by atoms with E-state index in [1.54, 1.807) is 42.7 Å². The number of rotatable bonds is 3. The molecule has 26 heavy (non-hydrogen) atoms. The molecule has 1 aromatic carbocycles. The number of ether oxygens (including phenoxy) is 1. The van der Waals surface area contributed by atoms with Crippen LogP contribution in [0, 0.1) is 6.92 Å². The number of aromatic nitrogens is 2. The van der Waals surface area contributed by atoms with Gasteiger partial charge in [0.25, 0.3) is 5.56 Å². The predicted octanol–water partition coefficient (Wildman–Crippen LogP) is 3.24. The largest absolute Gasteiger partial charge is 0.504 e. The normalized spacial score (nSPS) is 14.1. The fourth-order valence-corrected chi connectivity index (χ4v) is 4.64. The number of methoxy groups -OCH3 is 1. The molecule has 7 heteroatoms. The van der Waals surface area contributed by atoms with Crippen molar-refractivity contribution in [3.05, 3.63) is 50.4 Å². The molecule has 3 aromatic rings. The summed E-state index contributed by atoms with van der Waals surface area (Å²) in [4.78, 5) is 19.7. The van der Waals surface area contributed by atoms with Crippen molar-refractivity contribution in [2.24, 2.45) is 5.10 Å². The van der Waals surface area contributed by atoms with Crippen molar-refractivity contribution in [2.45, 2.75) is 32.6 Å². The maximum atomic E-state index is 13.0. The van der Waals surface area contributed by atoms with E-state index < -0.39 is 0 Å². The summed E-state index contributed by atoms with van der Waals surface area (Å²) in [5, 5.41) is 14.9. The third-order valence-corrected chi connectivity index (χ3v) is 5.84. The summed E-state index contributed by atoms with van der Waals surface area (Å²) in [6, 6.07) is 4.96. The van der Waals surface area contributed by atoms with Crippen molar-refractivity contribution in [3.8, 4) is 11.5 Å². The second-order valence-electron chi connectivity index (χ2n) is 6.34. The van der Waals surface area contributed by atoms with E-state index in [0.717, 1.165) is 29.7 Å². The molecule has 134 valence electrons. The van der Waals surface area contributed by atoms with Crippen LogP contribution in [0.3, 0.4) is 0 Å². The number of hydrogen-bond acceptors (Lipinski definition) is 6. The first-order chi connectivity index (χ1) is 12.6. The van der Waals surface area contributed by atoms with Crippen LogP contribution in [0.1, 0.15) is 34.7 Å². The van der Waals surface area contributed by atoms with Gasteiger partial charge in [0.15, 0.2) is 11.5 Å². The highest BCUT2D eigenvalue weighted by atomic mass is 32.1. The van der Waals surface area contributed by atoms with Gasteiger partial charge in [-0.15, -0.1) is 11.3 Å². The molecule has 0 spiro atoms. The summed E-state index contributed by atoms with van der Waals surface area (Å²) in [5.74, 6) is 0.972. The third-order valence-electron chi connectivity index (χ3n) is 4.65. The quantitative estimate of drug-likeness (QED) is 0.719. The van der Waals surface area contributed by atoms with E-state index in [-0.39, 0.29) is 11.3 Å². The molecule has 1 N–H and O–H groups in total. The SMILES string of the molecule is COc1ccc(C=Nn2c(C)nc3sc4c(c3c2=O)CCCC4)cc1O. The molecule has 1 aliphatic rings. The van der Waals surface area contributed by atoms with Crippen LogP contribution in [-0.4, -0.2) is 28.1 Å². The minimum Gasteiger partial charge on any atom is -0.504 e. The first-order valence-corrected chi connectivity index (χ1v) is 9.35. The lowest BCUT2D eigenvalue weighted by molar-refractivity contribution is 0.373. The minimum atomic E-state index is -0.124. The standard InChI is InChI=1S/C19H19N3O3S/c1-11-21-18-17(13-5-3-4-6-16(13)26-18)19(24)22(11)20-10-12-7-8-15(25-2)14(23)9-12/h7-10,23H,3-6H2,1-2H3. The Balaban J connectivity index is 1.79. The van der Waals surface area contributed by atoms with Crippen LogP contribution in [0.2, 0.25) is 0 Å². The average Bonchev–Trinajstić information content (AvgIpc) is 2.99. The number of benzene rings is 1. The number of aryl methyl sites for hydroxylation is 3. The highest BCUT2D eigenvalue weighted by molar-refractivity contribution is 7.18. The second-order valence-corrected chi connectivity index (χ2v) is 7.43. The van der Waals surface area contributed by atoms with Crippen LogP contribution in [0.25, 0.3) is 10.2 Å². The number of nitrogens with zero attached hydrogens (tertiary/aromatic N) is 3. The Bertz CT molecular complexity index is 1080. The van der Waals surface area contributed by atoms with Gasteiger partial charge in [-0.3, -0.25) is 4.79 Å². The van der Waals surface area contributed by atoms with E-state index in [9.17, 15) is 9.90 Å². The second kappa shape index (κ2) is 6.57. The van der Waals surface area contributed by atoms with Gasteiger partial charge in [0.05, 0.1) is 18.7 Å². The predicted molar refractivity (Wildman–Crippen MR) is 103 cm³/mol. The molecular weight excluding hydrogens is 350 g/mol. The van der Waals surface area contributed by atoms with Crippen LogP contribution in [0.15, 0.2) is 28.1 Å². The first-order valence-electron chi connectivity index (χ1n) is 8.53. The summed E-state index contributed by atoms with van der Waals surface area (Å²) < 4.78 is 6.37. The summed E-state index contributed by atoms with van der Waals surface area (Å²) in [5.41, 5.74) is 1.70. The lowest BCUT2D eigenvalue weighted by Crippen LogP contribution is -2.21. The van der Waals surface area contributed by atoms with Crippen LogP contribution >= 0.6 is 11.3 Å². The number of hydrogen-bond donors (Lipinski definition) is 1. The van der Waals surface area contributed by atoms with Crippen LogP contribution in [-0.2, 0) is 12.8 Å². The molecule has 0 unspecified atom stereocenters. The van der Waals surface area contributed by atoms with Crippen molar-refractivity contribution in [3.63, 3.8) is 0 Å². The van der Waals surface area contributed by atoms with Crippen molar-refractivity contribution in [2.75, 3.05) is 7.11 Å². The maximum Gasteiger partial charge on any atom is 0.283 e. The van der Waals surface area contributed by atoms with Crippen molar-refractivity contribution < 1.29 is 9.84 Å². The van der Waals surface area contributed by atoms with E-state index in [1.165, 1.54) is 23.1 Å². The molecule has 2 aromatic heterocycles. The molecule has 2 heterocycles. The molecule has 0 amide bonds. The molecular formula is C19H19N3O3S. The fourth-order valence-electron chi connectivity index (χ4n) is 3.35. The Kier molecular flexibility index (Phi) is 4.24. The Labute approximate surface area is 154 Å². The average molecular weight is 369 g/mol. The maximum absolute atomic E-state index is 13.0. The topological polar surface area (TPSA) is 76.7 Å². The van der Waals surface area contributed by atoms with E-state index in [4.69, 9.17) is 4.74 Å². The van der Waals surface area contributed by atoms with Gasteiger partial charge in [0, 0.05) is 4.88 Å². The fraction of sp³-hybridized carbons (Fsp3) is 0.316. The van der Waals surface area contributed by atoms with Crippen molar-refractivity contribution in [1.29, 1.82) is 0 Å². The highest BCUT2D eigenvalue weighted by Crippen LogP contribution is 2.33. The Hall–Kier alpha value is -2.67. The van der Waals surface area contributed by atoms with Gasteiger partial charge in [0.2, 0.25) is 0 Å². The molecule has 0 radical (unpaired) electrons. The molecule has 0 saturated heterocycles. The lowest BCUT2D eigenvalue weighted by atomic mass is 9.97. The van der Waals surface area contributed by atoms with Gasteiger partial charge >= 0.3 is 0 Å². The van der Waals surface area contributed by atoms with Gasteiger partial charge in [0.1, 0.15) is 10.7 Å². The smallest absolute Gasteiger partial charge is 0.283 e. The van der Waals surface area contributed by atoms with Crippen LogP contribution in [0.5, 0.6) is 11.5 Å². The monoisotopic (exact) mass is 369 g/mol. The number of thiophene rings is 1. The molecule has 0 bridgehead atoms. The Morgan fingerprint density at radius 1 is 1.35 bits per heavy atom. The number of phenols is 1. The molecule has 0 atom stereocenters. The van der Waals surface area contributed by atoms with Gasteiger partial charge in [-0.2, -0.15) is 9.78 Å². The summed E-state index contributed by atoms with van der Waals surface area (Å²) >= 11 is 1.63. The van der Waals surface area contributed by atoms with Crippen molar-refractivity contribution >= 4 is 27.8 Å². The molecule has 6 nitrogen and oxygen atoms in total.